The van der Waals surface area contributed by atoms with Crippen LogP contribution in [0.15, 0.2) is 28.8 Å². The first kappa shape index (κ1) is 10.2. The number of benzene rings is 1. The molecule has 2 aromatic rings. The van der Waals surface area contributed by atoms with E-state index < -0.39 is 0 Å². The molecule has 0 radical (unpaired) electrons. The number of methoxy groups -OCH3 is 1. The third kappa shape index (κ3) is 1.75. The van der Waals surface area contributed by atoms with Crippen molar-refractivity contribution in [3.63, 3.8) is 0 Å². The first-order chi connectivity index (χ1) is 8.29. The smallest absolute Gasteiger partial charge is 0.230 e. The van der Waals surface area contributed by atoms with Gasteiger partial charge in [0, 0.05) is 5.92 Å². The molecule has 1 saturated carbocycles. The van der Waals surface area contributed by atoms with Gasteiger partial charge in [0.05, 0.1) is 18.4 Å². The molecule has 0 amide bonds. The maximum atomic E-state index is 5.85. The zero-order valence-corrected chi connectivity index (χ0v) is 9.64. The van der Waals surface area contributed by atoms with E-state index in [9.17, 15) is 0 Å². The molecule has 1 aliphatic carbocycles. The van der Waals surface area contributed by atoms with Crippen LogP contribution >= 0.6 is 0 Å². The maximum Gasteiger partial charge on any atom is 0.230 e. The molecular formula is C13H14N2O2. The average molecular weight is 230 g/mol. The Hall–Kier alpha value is -1.97. The molecule has 4 heteroatoms. The van der Waals surface area contributed by atoms with Crippen molar-refractivity contribution >= 4 is 5.88 Å². The van der Waals surface area contributed by atoms with Gasteiger partial charge in [0.2, 0.25) is 5.88 Å². The molecule has 0 spiro atoms. The Morgan fingerprint density at radius 2 is 2.00 bits per heavy atom. The number of rotatable bonds is 3. The Balaban J connectivity index is 2.04. The minimum Gasteiger partial charge on any atom is -0.497 e. The fraction of sp³-hybridized carbons (Fsp3) is 0.308. The lowest BCUT2D eigenvalue weighted by Gasteiger charge is -2.03. The van der Waals surface area contributed by atoms with Gasteiger partial charge in [0.25, 0.3) is 0 Å². The Morgan fingerprint density at radius 3 is 2.59 bits per heavy atom. The third-order valence-electron chi connectivity index (χ3n) is 3.09. The fourth-order valence-corrected chi connectivity index (χ4v) is 2.00. The van der Waals surface area contributed by atoms with Crippen LogP contribution in [0.2, 0.25) is 0 Å². The molecule has 1 aliphatic rings. The number of hydrogen-bond acceptors (Lipinski definition) is 4. The van der Waals surface area contributed by atoms with Crippen molar-refractivity contribution in [2.75, 3.05) is 12.8 Å². The topological polar surface area (TPSA) is 61.3 Å². The Bertz CT molecular complexity index is 527. The molecule has 0 unspecified atom stereocenters. The number of nitrogens with two attached hydrogens (primary N) is 1. The lowest BCUT2D eigenvalue weighted by Crippen LogP contribution is -1.89. The zero-order chi connectivity index (χ0) is 11.8. The largest absolute Gasteiger partial charge is 0.497 e. The maximum absolute atomic E-state index is 5.85. The summed E-state index contributed by atoms with van der Waals surface area (Å²) in [5.41, 5.74) is 8.82. The summed E-state index contributed by atoms with van der Waals surface area (Å²) >= 11 is 0. The van der Waals surface area contributed by atoms with Crippen molar-refractivity contribution in [2.24, 2.45) is 0 Å². The molecule has 1 heterocycles. The molecule has 88 valence electrons. The highest BCUT2D eigenvalue weighted by molar-refractivity contribution is 5.76. The number of anilines is 1. The summed E-state index contributed by atoms with van der Waals surface area (Å²) in [6.07, 6.45) is 2.35. The highest BCUT2D eigenvalue weighted by atomic mass is 16.5. The van der Waals surface area contributed by atoms with Gasteiger partial charge in [-0.15, -0.1) is 0 Å². The molecule has 3 rings (SSSR count). The fourth-order valence-electron chi connectivity index (χ4n) is 2.00. The van der Waals surface area contributed by atoms with E-state index in [-0.39, 0.29) is 0 Å². The molecule has 0 aliphatic heterocycles. The summed E-state index contributed by atoms with van der Waals surface area (Å²) in [7, 11) is 1.65. The molecule has 1 aromatic heterocycles. The van der Waals surface area contributed by atoms with Crippen LogP contribution in [0.1, 0.15) is 24.5 Å². The van der Waals surface area contributed by atoms with Crippen LogP contribution < -0.4 is 10.5 Å². The first-order valence-electron chi connectivity index (χ1n) is 5.69. The molecule has 0 atom stereocenters. The van der Waals surface area contributed by atoms with Gasteiger partial charge in [-0.3, -0.25) is 0 Å². The minimum atomic E-state index is 0.400. The average Bonchev–Trinajstić information content (AvgIpc) is 3.13. The van der Waals surface area contributed by atoms with E-state index >= 15 is 0 Å². The summed E-state index contributed by atoms with van der Waals surface area (Å²) in [6, 6.07) is 7.79. The zero-order valence-electron chi connectivity index (χ0n) is 9.64. The predicted molar refractivity (Wildman–Crippen MR) is 64.9 cm³/mol. The normalized spacial score (nSPS) is 14.9. The van der Waals surface area contributed by atoms with E-state index in [0.29, 0.717) is 11.8 Å². The number of nitrogens with zero attached hydrogens (tertiary/aromatic N) is 1. The third-order valence-corrected chi connectivity index (χ3v) is 3.09. The van der Waals surface area contributed by atoms with Crippen molar-refractivity contribution in [1.82, 2.24) is 5.16 Å². The van der Waals surface area contributed by atoms with Crippen LogP contribution in [-0.4, -0.2) is 12.3 Å². The van der Waals surface area contributed by atoms with Gasteiger partial charge in [0.1, 0.15) is 5.75 Å². The number of aromatic nitrogens is 1. The Kier molecular flexibility index (Phi) is 2.28. The van der Waals surface area contributed by atoms with Gasteiger partial charge in [-0.05, 0) is 30.5 Å². The molecule has 1 aromatic carbocycles. The lowest BCUT2D eigenvalue weighted by atomic mass is 10.0. The summed E-state index contributed by atoms with van der Waals surface area (Å²) in [6.45, 7) is 0. The summed E-state index contributed by atoms with van der Waals surface area (Å²) in [5.74, 6) is 1.75. The van der Waals surface area contributed by atoms with Gasteiger partial charge in [-0.2, -0.15) is 0 Å². The van der Waals surface area contributed by atoms with Crippen molar-refractivity contribution in [1.29, 1.82) is 0 Å². The molecule has 17 heavy (non-hydrogen) atoms. The number of nitrogen functional groups attached to an aromatic ring is 1. The van der Waals surface area contributed by atoms with Crippen molar-refractivity contribution in [3.8, 4) is 16.9 Å². The first-order valence-corrected chi connectivity index (χ1v) is 5.69. The van der Waals surface area contributed by atoms with Crippen LogP contribution in [0.5, 0.6) is 5.75 Å². The molecule has 0 bridgehead atoms. The van der Waals surface area contributed by atoms with Crippen LogP contribution in [-0.2, 0) is 0 Å². The van der Waals surface area contributed by atoms with E-state index in [0.717, 1.165) is 22.6 Å². The van der Waals surface area contributed by atoms with Crippen LogP contribution in [0, 0.1) is 0 Å². The van der Waals surface area contributed by atoms with Crippen LogP contribution in [0.25, 0.3) is 11.1 Å². The van der Waals surface area contributed by atoms with Crippen LogP contribution in [0.4, 0.5) is 5.88 Å². The summed E-state index contributed by atoms with van der Waals surface area (Å²) in [4.78, 5) is 0. The van der Waals surface area contributed by atoms with Gasteiger partial charge in [0.15, 0.2) is 0 Å². The van der Waals surface area contributed by atoms with Crippen molar-refractivity contribution in [3.05, 3.63) is 30.0 Å². The quantitative estimate of drug-likeness (QED) is 0.880. The summed E-state index contributed by atoms with van der Waals surface area (Å²) < 4.78 is 10.2. The standard InChI is InChI=1S/C13H14N2O2/c1-16-10-6-4-8(5-7-10)11-12(9-2-3-9)15-17-13(11)14/h4-7,9H,2-3,14H2,1H3. The summed E-state index contributed by atoms with van der Waals surface area (Å²) in [5, 5.41) is 4.07. The van der Waals surface area contributed by atoms with E-state index in [4.69, 9.17) is 15.0 Å². The molecular weight excluding hydrogens is 216 g/mol. The monoisotopic (exact) mass is 230 g/mol. The number of hydrogen-bond donors (Lipinski definition) is 1. The SMILES string of the molecule is COc1ccc(-c2c(C3CC3)noc2N)cc1. The second-order valence-electron chi connectivity index (χ2n) is 4.31. The van der Waals surface area contributed by atoms with Crippen molar-refractivity contribution < 1.29 is 9.26 Å². The number of ether oxygens (including phenoxy) is 1. The van der Waals surface area contributed by atoms with E-state index in [1.807, 2.05) is 24.3 Å². The molecule has 2 N–H and O–H groups in total. The molecule has 1 fully saturated rings. The van der Waals surface area contributed by atoms with E-state index in [1.54, 1.807) is 7.11 Å². The second-order valence-corrected chi connectivity index (χ2v) is 4.31. The van der Waals surface area contributed by atoms with Crippen LogP contribution in [0.3, 0.4) is 0 Å². The van der Waals surface area contributed by atoms with Gasteiger partial charge >= 0.3 is 0 Å². The van der Waals surface area contributed by atoms with Gasteiger partial charge in [-0.1, -0.05) is 17.3 Å². The van der Waals surface area contributed by atoms with Gasteiger partial charge in [-0.25, -0.2) is 0 Å². The lowest BCUT2D eigenvalue weighted by molar-refractivity contribution is 0.415. The highest BCUT2D eigenvalue weighted by Gasteiger charge is 2.31. The second kappa shape index (κ2) is 3.80. The highest BCUT2D eigenvalue weighted by Crippen LogP contribution is 2.45. The van der Waals surface area contributed by atoms with E-state index in [2.05, 4.69) is 5.16 Å². The predicted octanol–water partition coefficient (Wildman–Crippen LogP) is 2.81. The Morgan fingerprint density at radius 1 is 1.29 bits per heavy atom. The molecule has 4 nitrogen and oxygen atoms in total. The Labute approximate surface area is 99.4 Å². The van der Waals surface area contributed by atoms with E-state index in [1.165, 1.54) is 12.8 Å². The molecule has 0 saturated heterocycles. The minimum absolute atomic E-state index is 0.400. The van der Waals surface area contributed by atoms with Gasteiger partial charge < -0.3 is 15.0 Å². The van der Waals surface area contributed by atoms with Crippen molar-refractivity contribution in [2.45, 2.75) is 18.8 Å².